The minimum absolute atomic E-state index is 0.00388. The van der Waals surface area contributed by atoms with E-state index in [9.17, 15) is 15.0 Å². The van der Waals surface area contributed by atoms with Gasteiger partial charge in [-0.3, -0.25) is 4.79 Å². The molecule has 0 aliphatic heterocycles. The average Bonchev–Trinajstić information content (AvgIpc) is 3.01. The number of benzene rings is 1. The van der Waals surface area contributed by atoms with Crippen LogP contribution in [0.5, 0.6) is 5.75 Å². The molecule has 0 spiro atoms. The first kappa shape index (κ1) is 11.3. The number of aliphatic carboxylic acids is 1. The molecule has 0 amide bonds. The summed E-state index contributed by atoms with van der Waals surface area (Å²) >= 11 is 5.91. The topological polar surface area (TPSA) is 57.5 Å². The molecule has 0 saturated heterocycles. The van der Waals surface area contributed by atoms with Crippen LogP contribution < -0.4 is 0 Å². The van der Waals surface area contributed by atoms with E-state index in [0.29, 0.717) is 34.6 Å². The highest BCUT2D eigenvalue weighted by Crippen LogP contribution is 2.52. The molecule has 86 valence electrons. The molecule has 1 aliphatic rings. The molecule has 1 aromatic rings. The van der Waals surface area contributed by atoms with Gasteiger partial charge in [0.25, 0.3) is 0 Å². The Morgan fingerprint density at radius 3 is 2.44 bits per heavy atom. The van der Waals surface area contributed by atoms with Crippen LogP contribution in [0, 0.1) is 13.8 Å². The predicted molar refractivity (Wildman–Crippen MR) is 61.1 cm³/mol. The van der Waals surface area contributed by atoms with E-state index >= 15 is 0 Å². The Morgan fingerprint density at radius 1 is 1.44 bits per heavy atom. The SMILES string of the molecule is Cc1cc(C2(C(=O)O)CC2)c(C)c(O)c1Cl. The third-order valence-corrected chi connectivity index (χ3v) is 3.83. The number of phenols is 1. The third kappa shape index (κ3) is 1.39. The first-order valence-corrected chi connectivity index (χ1v) is 5.50. The lowest BCUT2D eigenvalue weighted by atomic mass is 9.90. The zero-order valence-corrected chi connectivity index (χ0v) is 9.93. The van der Waals surface area contributed by atoms with E-state index in [4.69, 9.17) is 11.6 Å². The molecule has 1 aliphatic carbocycles. The van der Waals surface area contributed by atoms with Crippen LogP contribution in [0.25, 0.3) is 0 Å². The zero-order valence-electron chi connectivity index (χ0n) is 9.17. The standard InChI is InChI=1S/C12H13ClO3/c1-6-5-8(7(2)10(14)9(6)13)12(3-4-12)11(15)16/h5,14H,3-4H2,1-2H3,(H,15,16). The highest BCUT2D eigenvalue weighted by Gasteiger charge is 2.53. The maximum atomic E-state index is 11.2. The first-order chi connectivity index (χ1) is 7.40. The largest absolute Gasteiger partial charge is 0.506 e. The second kappa shape index (κ2) is 3.39. The van der Waals surface area contributed by atoms with Gasteiger partial charge in [0.2, 0.25) is 0 Å². The van der Waals surface area contributed by atoms with Crippen LogP contribution in [0.2, 0.25) is 5.02 Å². The minimum Gasteiger partial charge on any atom is -0.506 e. The van der Waals surface area contributed by atoms with Crippen molar-refractivity contribution in [2.45, 2.75) is 32.1 Å². The van der Waals surface area contributed by atoms with Gasteiger partial charge in [-0.05, 0) is 43.4 Å². The zero-order chi connectivity index (χ0) is 12.1. The summed E-state index contributed by atoms with van der Waals surface area (Å²) in [6.45, 7) is 3.47. The fraction of sp³-hybridized carbons (Fsp3) is 0.417. The average molecular weight is 241 g/mol. The highest BCUT2D eigenvalue weighted by molar-refractivity contribution is 6.33. The van der Waals surface area contributed by atoms with Crippen molar-refractivity contribution in [3.63, 3.8) is 0 Å². The van der Waals surface area contributed by atoms with Crippen LogP contribution in [-0.2, 0) is 10.2 Å². The van der Waals surface area contributed by atoms with Crippen molar-refractivity contribution in [2.24, 2.45) is 0 Å². The van der Waals surface area contributed by atoms with Crippen LogP contribution >= 0.6 is 11.6 Å². The summed E-state index contributed by atoms with van der Waals surface area (Å²) in [5.74, 6) is -0.819. The molecule has 16 heavy (non-hydrogen) atoms. The van der Waals surface area contributed by atoms with Crippen LogP contribution in [0.4, 0.5) is 0 Å². The van der Waals surface area contributed by atoms with Crippen molar-refractivity contribution in [1.29, 1.82) is 0 Å². The van der Waals surface area contributed by atoms with E-state index in [1.165, 1.54) is 0 Å². The lowest BCUT2D eigenvalue weighted by molar-refractivity contribution is -0.140. The minimum atomic E-state index is -0.822. The lowest BCUT2D eigenvalue weighted by Crippen LogP contribution is -2.21. The summed E-state index contributed by atoms with van der Waals surface area (Å²) in [7, 11) is 0. The summed E-state index contributed by atoms with van der Waals surface area (Å²) in [6.07, 6.45) is 1.26. The van der Waals surface area contributed by atoms with E-state index in [1.54, 1.807) is 19.9 Å². The second-order valence-electron chi connectivity index (χ2n) is 4.42. The van der Waals surface area contributed by atoms with Gasteiger partial charge in [-0.15, -0.1) is 0 Å². The summed E-state index contributed by atoms with van der Waals surface area (Å²) in [5, 5.41) is 19.3. The Balaban J connectivity index is 2.63. The molecule has 3 nitrogen and oxygen atoms in total. The van der Waals surface area contributed by atoms with Gasteiger partial charge < -0.3 is 10.2 Å². The van der Waals surface area contributed by atoms with Crippen LogP contribution in [0.1, 0.15) is 29.5 Å². The number of rotatable bonds is 2. The molecule has 2 rings (SSSR count). The van der Waals surface area contributed by atoms with Gasteiger partial charge in [0, 0.05) is 0 Å². The molecule has 2 N–H and O–H groups in total. The molecular formula is C12H13ClO3. The number of hydrogen-bond acceptors (Lipinski definition) is 2. The quantitative estimate of drug-likeness (QED) is 0.836. The molecule has 1 aromatic carbocycles. The summed E-state index contributed by atoms with van der Waals surface area (Å²) in [6, 6.07) is 1.78. The van der Waals surface area contributed by atoms with Crippen LogP contribution in [0.3, 0.4) is 0 Å². The Morgan fingerprint density at radius 2 is 2.00 bits per heavy atom. The van der Waals surface area contributed by atoms with E-state index in [1.807, 2.05) is 0 Å². The highest BCUT2D eigenvalue weighted by atomic mass is 35.5. The van der Waals surface area contributed by atoms with Crippen molar-refractivity contribution >= 4 is 17.6 Å². The molecule has 0 aromatic heterocycles. The number of phenolic OH excluding ortho intramolecular Hbond substituents is 1. The van der Waals surface area contributed by atoms with Gasteiger partial charge in [-0.1, -0.05) is 17.7 Å². The maximum absolute atomic E-state index is 11.2. The maximum Gasteiger partial charge on any atom is 0.314 e. The second-order valence-corrected chi connectivity index (χ2v) is 4.79. The number of aryl methyl sites for hydroxylation is 1. The van der Waals surface area contributed by atoms with Gasteiger partial charge in [-0.2, -0.15) is 0 Å². The normalized spacial score (nSPS) is 17.2. The smallest absolute Gasteiger partial charge is 0.314 e. The molecule has 0 bridgehead atoms. The van der Waals surface area contributed by atoms with E-state index in [2.05, 4.69) is 0 Å². The molecule has 0 unspecified atom stereocenters. The molecule has 4 heteroatoms. The summed E-state index contributed by atoms with van der Waals surface area (Å²) in [4.78, 5) is 11.2. The first-order valence-electron chi connectivity index (χ1n) is 5.12. The number of halogens is 1. The number of carboxylic acid groups (broad SMARTS) is 1. The lowest BCUT2D eigenvalue weighted by Gasteiger charge is -2.16. The monoisotopic (exact) mass is 240 g/mol. The molecule has 1 fully saturated rings. The Labute approximate surface area is 98.7 Å². The summed E-state index contributed by atoms with van der Waals surface area (Å²) < 4.78 is 0. The fourth-order valence-corrected chi connectivity index (χ4v) is 2.28. The molecule has 0 atom stereocenters. The van der Waals surface area contributed by atoms with Crippen molar-refractivity contribution in [3.8, 4) is 5.75 Å². The Kier molecular flexibility index (Phi) is 2.39. The summed E-state index contributed by atoms with van der Waals surface area (Å²) in [5.41, 5.74) is 1.19. The molecule has 0 heterocycles. The number of carbonyl (C=O) groups is 1. The number of hydrogen-bond donors (Lipinski definition) is 2. The Hall–Kier alpha value is -1.22. The van der Waals surface area contributed by atoms with Gasteiger partial charge in [0.05, 0.1) is 10.4 Å². The van der Waals surface area contributed by atoms with Crippen molar-refractivity contribution < 1.29 is 15.0 Å². The third-order valence-electron chi connectivity index (χ3n) is 3.35. The van der Waals surface area contributed by atoms with Gasteiger partial charge in [0.15, 0.2) is 0 Å². The van der Waals surface area contributed by atoms with Crippen LogP contribution in [-0.4, -0.2) is 16.2 Å². The molecule has 0 radical (unpaired) electrons. The van der Waals surface area contributed by atoms with Crippen molar-refractivity contribution in [2.75, 3.05) is 0 Å². The fourth-order valence-electron chi connectivity index (χ4n) is 2.09. The van der Waals surface area contributed by atoms with Gasteiger partial charge >= 0.3 is 5.97 Å². The van der Waals surface area contributed by atoms with Crippen molar-refractivity contribution in [1.82, 2.24) is 0 Å². The van der Waals surface area contributed by atoms with Gasteiger partial charge in [-0.25, -0.2) is 0 Å². The van der Waals surface area contributed by atoms with E-state index in [0.717, 1.165) is 0 Å². The number of aromatic hydroxyl groups is 1. The van der Waals surface area contributed by atoms with E-state index < -0.39 is 11.4 Å². The predicted octanol–water partition coefficient (Wildman–Crippen LogP) is 2.78. The van der Waals surface area contributed by atoms with E-state index in [-0.39, 0.29) is 5.75 Å². The molecule has 1 saturated carbocycles. The Bertz CT molecular complexity index is 476. The van der Waals surface area contributed by atoms with Gasteiger partial charge in [0.1, 0.15) is 5.75 Å². The molecular weight excluding hydrogens is 228 g/mol. The van der Waals surface area contributed by atoms with Crippen LogP contribution in [0.15, 0.2) is 6.07 Å². The van der Waals surface area contributed by atoms with Crippen molar-refractivity contribution in [3.05, 3.63) is 27.8 Å². The number of carboxylic acids is 1.